The highest BCUT2D eigenvalue weighted by molar-refractivity contribution is 5.99. The second-order valence-corrected chi connectivity index (χ2v) is 9.44. The van der Waals surface area contributed by atoms with E-state index in [4.69, 9.17) is 0 Å². The van der Waals surface area contributed by atoms with Crippen molar-refractivity contribution in [2.24, 2.45) is 17.8 Å². The summed E-state index contributed by atoms with van der Waals surface area (Å²) in [7, 11) is 0. The van der Waals surface area contributed by atoms with E-state index in [9.17, 15) is 9.59 Å². The molecule has 0 bridgehead atoms. The zero-order chi connectivity index (χ0) is 22.8. The fraction of sp³-hybridized carbons (Fsp3) is 0.462. The normalized spacial score (nSPS) is 23.1. The summed E-state index contributed by atoms with van der Waals surface area (Å²) in [5.41, 5.74) is 5.85. The van der Waals surface area contributed by atoms with Crippen LogP contribution in [-0.2, 0) is 22.7 Å². The maximum atomic E-state index is 12.8. The summed E-state index contributed by atoms with van der Waals surface area (Å²) in [5, 5.41) is 11.3. The van der Waals surface area contributed by atoms with Crippen molar-refractivity contribution < 1.29 is 9.59 Å². The van der Waals surface area contributed by atoms with Crippen LogP contribution in [-0.4, -0.2) is 26.7 Å². The Morgan fingerprint density at radius 3 is 2.84 bits per heavy atom. The summed E-state index contributed by atoms with van der Waals surface area (Å²) in [6.45, 7) is 11.3. The van der Waals surface area contributed by atoms with Crippen LogP contribution in [0.5, 0.6) is 0 Å². The van der Waals surface area contributed by atoms with Gasteiger partial charge >= 0.3 is 0 Å². The highest BCUT2D eigenvalue weighted by atomic mass is 16.1. The van der Waals surface area contributed by atoms with E-state index in [0.29, 0.717) is 42.6 Å². The second-order valence-electron chi connectivity index (χ2n) is 9.44. The Bertz CT molecular complexity index is 1080. The molecule has 0 radical (unpaired) electrons. The van der Waals surface area contributed by atoms with Crippen molar-refractivity contribution >= 4 is 11.7 Å². The lowest BCUT2D eigenvalue weighted by Crippen LogP contribution is -2.27. The molecule has 0 unspecified atom stereocenters. The number of rotatable bonds is 6. The van der Waals surface area contributed by atoms with Crippen molar-refractivity contribution in [1.82, 2.24) is 20.3 Å². The smallest absolute Gasteiger partial charge is 0.247 e. The van der Waals surface area contributed by atoms with Gasteiger partial charge in [0.25, 0.3) is 0 Å². The Kier molecular flexibility index (Phi) is 6.40. The van der Waals surface area contributed by atoms with E-state index in [2.05, 4.69) is 54.3 Å². The number of carbonyl (C=O) groups is 2. The minimum atomic E-state index is -0.142. The van der Waals surface area contributed by atoms with Crippen LogP contribution >= 0.6 is 0 Å². The molecular formula is C26H32N4O2. The third kappa shape index (κ3) is 4.74. The number of ketones is 1. The highest BCUT2D eigenvalue weighted by Crippen LogP contribution is 2.45. The predicted molar refractivity (Wildman–Crippen MR) is 124 cm³/mol. The van der Waals surface area contributed by atoms with Crippen LogP contribution in [0.1, 0.15) is 56.4 Å². The number of hydrogen-bond acceptors (Lipinski definition) is 4. The molecule has 4 rings (SSSR count). The average molecular weight is 433 g/mol. The molecule has 1 heterocycles. The molecule has 2 aromatic rings. The monoisotopic (exact) mass is 432 g/mol. The van der Waals surface area contributed by atoms with Gasteiger partial charge in [0.1, 0.15) is 5.69 Å². The number of fused-ring (bicyclic) bond motifs is 1. The van der Waals surface area contributed by atoms with Gasteiger partial charge in [0.15, 0.2) is 5.78 Å². The van der Waals surface area contributed by atoms with Gasteiger partial charge in [0, 0.05) is 12.0 Å². The van der Waals surface area contributed by atoms with E-state index in [1.807, 2.05) is 19.2 Å². The first-order valence-corrected chi connectivity index (χ1v) is 11.5. The van der Waals surface area contributed by atoms with Crippen LogP contribution in [0.4, 0.5) is 0 Å². The standard InChI is InChI=1S/C26H32N4O2/c1-16-6-5-7-20(10-16)14-30-15-22(28-29-30)13-27-26(32)18(3)21-9-8-17(2)23-12-25(31)19(4)24(23)11-21/h5-7,10,15,17,21,23H,3,8-9,11-14H2,1-2,4H3,(H,27,32)/t17-,21+,23-/m0/s1. The molecule has 1 aromatic carbocycles. The number of benzene rings is 1. The van der Waals surface area contributed by atoms with Crippen molar-refractivity contribution in [1.29, 1.82) is 0 Å². The van der Waals surface area contributed by atoms with Gasteiger partial charge in [-0.05, 0) is 62.0 Å². The van der Waals surface area contributed by atoms with Crippen molar-refractivity contribution in [3.63, 3.8) is 0 Å². The van der Waals surface area contributed by atoms with Gasteiger partial charge in [-0.25, -0.2) is 4.68 Å². The molecule has 32 heavy (non-hydrogen) atoms. The Labute approximate surface area is 189 Å². The van der Waals surface area contributed by atoms with Gasteiger partial charge in [-0.1, -0.05) is 54.1 Å². The van der Waals surface area contributed by atoms with E-state index < -0.39 is 0 Å². The number of amides is 1. The number of Topliss-reactive ketones (excluding diaryl/α,β-unsaturated/α-hetero) is 1. The van der Waals surface area contributed by atoms with Gasteiger partial charge in [-0.15, -0.1) is 5.10 Å². The van der Waals surface area contributed by atoms with Crippen LogP contribution in [0.25, 0.3) is 0 Å². The predicted octanol–water partition coefficient (Wildman–Crippen LogP) is 4.15. The molecule has 6 nitrogen and oxygen atoms in total. The lowest BCUT2D eigenvalue weighted by Gasteiger charge is -2.19. The molecule has 0 aliphatic heterocycles. The molecule has 1 saturated carbocycles. The number of aromatic nitrogens is 3. The molecule has 1 N–H and O–H groups in total. The maximum absolute atomic E-state index is 12.8. The van der Waals surface area contributed by atoms with E-state index in [1.165, 1.54) is 11.1 Å². The third-order valence-electron chi connectivity index (χ3n) is 7.10. The summed E-state index contributed by atoms with van der Waals surface area (Å²) < 4.78 is 1.78. The minimum absolute atomic E-state index is 0.0790. The molecular weight excluding hydrogens is 400 g/mol. The number of aryl methyl sites for hydroxylation is 1. The molecule has 1 aromatic heterocycles. The van der Waals surface area contributed by atoms with Crippen LogP contribution in [0.2, 0.25) is 0 Å². The van der Waals surface area contributed by atoms with Crippen molar-refractivity contribution in [2.45, 2.75) is 59.5 Å². The molecule has 0 saturated heterocycles. The third-order valence-corrected chi connectivity index (χ3v) is 7.10. The molecule has 168 valence electrons. The Morgan fingerprint density at radius 2 is 2.06 bits per heavy atom. The second kappa shape index (κ2) is 9.23. The minimum Gasteiger partial charge on any atom is -0.347 e. The van der Waals surface area contributed by atoms with Crippen LogP contribution in [0.15, 0.2) is 53.8 Å². The average Bonchev–Trinajstić information content (AvgIpc) is 3.28. The zero-order valence-electron chi connectivity index (χ0n) is 19.2. The summed E-state index contributed by atoms with van der Waals surface area (Å²) in [4.78, 5) is 25.1. The van der Waals surface area contributed by atoms with E-state index >= 15 is 0 Å². The summed E-state index contributed by atoms with van der Waals surface area (Å²) in [6, 6.07) is 8.29. The lowest BCUT2D eigenvalue weighted by molar-refractivity contribution is -0.118. The summed E-state index contributed by atoms with van der Waals surface area (Å²) in [5.74, 6) is 1.01. The molecule has 2 aliphatic rings. The molecule has 1 fully saturated rings. The lowest BCUT2D eigenvalue weighted by atomic mass is 9.86. The van der Waals surface area contributed by atoms with Gasteiger partial charge in [-0.2, -0.15) is 0 Å². The number of nitrogens with one attached hydrogen (secondary N) is 1. The molecule has 1 amide bonds. The van der Waals surface area contributed by atoms with Crippen LogP contribution < -0.4 is 5.32 Å². The molecule has 2 aliphatic carbocycles. The first kappa shape index (κ1) is 22.2. The van der Waals surface area contributed by atoms with Crippen molar-refractivity contribution in [3.05, 3.63) is 70.6 Å². The maximum Gasteiger partial charge on any atom is 0.247 e. The Morgan fingerprint density at radius 1 is 1.25 bits per heavy atom. The number of nitrogens with zero attached hydrogens (tertiary/aromatic N) is 3. The Hall–Kier alpha value is -3.02. The van der Waals surface area contributed by atoms with Gasteiger partial charge < -0.3 is 5.32 Å². The number of hydrogen-bond donors (Lipinski definition) is 1. The zero-order valence-corrected chi connectivity index (χ0v) is 19.2. The van der Waals surface area contributed by atoms with Gasteiger partial charge in [0.2, 0.25) is 5.91 Å². The van der Waals surface area contributed by atoms with Crippen molar-refractivity contribution in [3.8, 4) is 0 Å². The SMILES string of the molecule is C=C(C(=O)NCc1cn(Cc2cccc(C)c2)nn1)[C@@H]1CC[C@H](C)[C@@H]2CC(=O)C(C)=C2C1. The number of allylic oxidation sites excluding steroid dienone is 2. The summed E-state index contributed by atoms with van der Waals surface area (Å²) in [6.07, 6.45) is 5.21. The first-order valence-electron chi connectivity index (χ1n) is 11.5. The topological polar surface area (TPSA) is 76.9 Å². The van der Waals surface area contributed by atoms with E-state index in [-0.39, 0.29) is 17.6 Å². The first-order chi connectivity index (χ1) is 15.3. The summed E-state index contributed by atoms with van der Waals surface area (Å²) >= 11 is 0. The van der Waals surface area contributed by atoms with E-state index in [0.717, 1.165) is 30.4 Å². The van der Waals surface area contributed by atoms with Crippen molar-refractivity contribution in [2.75, 3.05) is 0 Å². The molecule has 0 spiro atoms. The largest absolute Gasteiger partial charge is 0.347 e. The quantitative estimate of drug-likeness (QED) is 0.696. The molecule has 6 heteroatoms. The number of carbonyl (C=O) groups excluding carboxylic acids is 2. The van der Waals surface area contributed by atoms with Gasteiger partial charge in [-0.3, -0.25) is 9.59 Å². The molecule has 3 atom stereocenters. The fourth-order valence-corrected chi connectivity index (χ4v) is 5.08. The van der Waals surface area contributed by atoms with Gasteiger partial charge in [0.05, 0.1) is 19.3 Å². The van der Waals surface area contributed by atoms with Crippen LogP contribution in [0.3, 0.4) is 0 Å². The highest BCUT2D eigenvalue weighted by Gasteiger charge is 2.37. The Balaban J connectivity index is 1.35. The van der Waals surface area contributed by atoms with Crippen LogP contribution in [0, 0.1) is 24.7 Å². The fourth-order valence-electron chi connectivity index (χ4n) is 5.08. The van der Waals surface area contributed by atoms with E-state index in [1.54, 1.807) is 4.68 Å².